The topological polar surface area (TPSA) is 82.9 Å². The van der Waals surface area contributed by atoms with Gasteiger partial charge in [0.15, 0.2) is 0 Å². The van der Waals surface area contributed by atoms with Crippen molar-refractivity contribution in [2.75, 3.05) is 0 Å². The first-order valence-corrected chi connectivity index (χ1v) is 8.20. The zero-order valence-corrected chi connectivity index (χ0v) is 15.3. The third kappa shape index (κ3) is 5.37. The van der Waals surface area contributed by atoms with Crippen LogP contribution in [-0.4, -0.2) is 23.2 Å². The molecule has 134 valence electrons. The molecule has 0 spiro atoms. The average molecular weight is 350 g/mol. The lowest BCUT2D eigenvalue weighted by atomic mass is 10.1. The van der Waals surface area contributed by atoms with Crippen LogP contribution in [0.15, 0.2) is 58.7 Å². The number of carbonyl (C=O) groups excluding carboxylic acids is 2. The van der Waals surface area contributed by atoms with E-state index in [1.165, 1.54) is 0 Å². The molecule has 2 aromatic rings. The Labute approximate surface area is 153 Å². The summed E-state index contributed by atoms with van der Waals surface area (Å²) >= 11 is 0. The Morgan fingerprint density at radius 3 is 1.46 bits per heavy atom. The number of nitrogens with zero attached hydrogens (tertiary/aromatic N) is 2. The third-order valence-corrected chi connectivity index (χ3v) is 3.73. The van der Waals surface area contributed by atoms with E-state index in [2.05, 4.69) is 21.1 Å². The van der Waals surface area contributed by atoms with E-state index in [0.29, 0.717) is 11.4 Å². The molecule has 2 aromatic carbocycles. The van der Waals surface area contributed by atoms with Crippen LogP contribution in [0.25, 0.3) is 0 Å². The lowest BCUT2D eigenvalue weighted by molar-refractivity contribution is -0.139. The number of benzene rings is 2. The summed E-state index contributed by atoms with van der Waals surface area (Å²) in [4.78, 5) is 23.7. The van der Waals surface area contributed by atoms with Gasteiger partial charge in [-0.05, 0) is 38.8 Å². The molecule has 6 heteroatoms. The maximum Gasteiger partial charge on any atom is 0.331 e. The van der Waals surface area contributed by atoms with Crippen LogP contribution in [0, 0.1) is 13.8 Å². The molecule has 0 aliphatic heterocycles. The molecule has 2 N–H and O–H groups in total. The lowest BCUT2D eigenvalue weighted by Crippen LogP contribution is -2.36. The Morgan fingerprint density at radius 2 is 1.12 bits per heavy atom. The van der Waals surface area contributed by atoms with E-state index in [9.17, 15) is 9.59 Å². The molecule has 0 saturated carbocycles. The predicted octanol–water partition coefficient (Wildman–Crippen LogP) is 2.68. The number of amides is 2. The lowest BCUT2D eigenvalue weighted by Gasteiger charge is -2.04. The molecular weight excluding hydrogens is 328 g/mol. The van der Waals surface area contributed by atoms with Crippen LogP contribution in [0.3, 0.4) is 0 Å². The van der Waals surface area contributed by atoms with Crippen molar-refractivity contribution in [1.29, 1.82) is 0 Å². The highest BCUT2D eigenvalue weighted by Gasteiger charge is 2.12. The minimum absolute atomic E-state index is 0.606. The number of carbonyl (C=O) groups is 2. The van der Waals surface area contributed by atoms with Gasteiger partial charge in [0, 0.05) is 0 Å². The molecule has 0 saturated heterocycles. The van der Waals surface area contributed by atoms with E-state index in [1.54, 1.807) is 13.8 Å². The summed E-state index contributed by atoms with van der Waals surface area (Å²) in [5.74, 6) is -1.75. The molecule has 0 atom stereocenters. The summed E-state index contributed by atoms with van der Waals surface area (Å²) in [6.45, 7) is 7.45. The molecule has 0 aliphatic carbocycles. The monoisotopic (exact) mass is 350 g/mol. The normalized spacial score (nSPS) is 11.8. The highest BCUT2D eigenvalue weighted by Crippen LogP contribution is 2.06. The van der Waals surface area contributed by atoms with Crippen LogP contribution >= 0.6 is 0 Å². The molecule has 0 unspecified atom stereocenters. The molecular formula is C20H22N4O2. The molecule has 2 rings (SSSR count). The second-order valence-electron chi connectivity index (χ2n) is 6.02. The van der Waals surface area contributed by atoms with E-state index < -0.39 is 11.8 Å². The van der Waals surface area contributed by atoms with Crippen molar-refractivity contribution in [3.05, 3.63) is 70.8 Å². The van der Waals surface area contributed by atoms with Gasteiger partial charge in [-0.2, -0.15) is 10.2 Å². The van der Waals surface area contributed by atoms with Crippen LogP contribution in [-0.2, 0) is 9.59 Å². The fourth-order valence-corrected chi connectivity index (χ4v) is 2.24. The highest BCUT2D eigenvalue weighted by molar-refractivity contribution is 6.35. The van der Waals surface area contributed by atoms with Crippen LogP contribution in [0.5, 0.6) is 0 Å². The molecule has 0 fully saturated rings. The summed E-state index contributed by atoms with van der Waals surface area (Å²) in [7, 11) is 0. The van der Waals surface area contributed by atoms with Gasteiger partial charge in [-0.3, -0.25) is 9.59 Å². The van der Waals surface area contributed by atoms with Gasteiger partial charge >= 0.3 is 11.8 Å². The number of aryl methyl sites for hydroxylation is 2. The van der Waals surface area contributed by atoms with Gasteiger partial charge in [0.25, 0.3) is 0 Å². The predicted molar refractivity (Wildman–Crippen MR) is 103 cm³/mol. The van der Waals surface area contributed by atoms with E-state index >= 15 is 0 Å². The largest absolute Gasteiger partial charge is 0.331 e. The number of rotatable bonds is 4. The van der Waals surface area contributed by atoms with Gasteiger partial charge in [-0.15, -0.1) is 0 Å². The third-order valence-electron chi connectivity index (χ3n) is 3.73. The van der Waals surface area contributed by atoms with Crippen molar-refractivity contribution >= 4 is 23.2 Å². The SMILES string of the molecule is CC(=NNC(=O)C(=O)NN=C(C)c1cccc(C)c1)c1cccc(C)c1. The zero-order valence-electron chi connectivity index (χ0n) is 15.3. The summed E-state index contributed by atoms with van der Waals surface area (Å²) in [6.07, 6.45) is 0. The minimum Gasteiger partial charge on any atom is -0.262 e. The molecule has 2 amide bonds. The summed E-state index contributed by atoms with van der Waals surface area (Å²) in [5.41, 5.74) is 9.61. The minimum atomic E-state index is -0.877. The number of hydrogen-bond donors (Lipinski definition) is 2. The Bertz CT molecular complexity index is 811. The smallest absolute Gasteiger partial charge is 0.262 e. The van der Waals surface area contributed by atoms with E-state index in [0.717, 1.165) is 22.3 Å². The van der Waals surface area contributed by atoms with Crippen LogP contribution in [0.4, 0.5) is 0 Å². The maximum absolute atomic E-state index is 11.8. The first kappa shape index (κ1) is 19.1. The first-order valence-electron chi connectivity index (χ1n) is 8.20. The molecule has 0 aliphatic rings. The van der Waals surface area contributed by atoms with Crippen molar-refractivity contribution in [2.45, 2.75) is 27.7 Å². The van der Waals surface area contributed by atoms with Crippen LogP contribution in [0.2, 0.25) is 0 Å². The van der Waals surface area contributed by atoms with Crippen molar-refractivity contribution in [1.82, 2.24) is 10.9 Å². The number of hydrazone groups is 2. The van der Waals surface area contributed by atoms with Gasteiger partial charge < -0.3 is 0 Å². The molecule has 0 bridgehead atoms. The first-order chi connectivity index (χ1) is 12.4. The fourth-order valence-electron chi connectivity index (χ4n) is 2.24. The van der Waals surface area contributed by atoms with Gasteiger partial charge in [-0.1, -0.05) is 59.7 Å². The Balaban J connectivity index is 1.96. The second kappa shape index (κ2) is 8.71. The van der Waals surface area contributed by atoms with Crippen LogP contribution in [0.1, 0.15) is 36.1 Å². The Kier molecular flexibility index (Phi) is 6.38. The Hall–Kier alpha value is -3.28. The van der Waals surface area contributed by atoms with E-state index in [1.807, 2.05) is 62.4 Å². The molecule has 0 heterocycles. The average Bonchev–Trinajstić information content (AvgIpc) is 2.63. The maximum atomic E-state index is 11.8. The number of nitrogens with one attached hydrogen (secondary N) is 2. The van der Waals surface area contributed by atoms with E-state index in [-0.39, 0.29) is 0 Å². The quantitative estimate of drug-likeness (QED) is 0.505. The van der Waals surface area contributed by atoms with Gasteiger partial charge in [0.1, 0.15) is 0 Å². The van der Waals surface area contributed by atoms with Crippen LogP contribution < -0.4 is 10.9 Å². The van der Waals surface area contributed by atoms with Gasteiger partial charge in [0.2, 0.25) is 0 Å². The summed E-state index contributed by atoms with van der Waals surface area (Å²) in [5, 5.41) is 7.92. The van der Waals surface area contributed by atoms with Crippen molar-refractivity contribution in [3.63, 3.8) is 0 Å². The molecule has 6 nitrogen and oxygen atoms in total. The summed E-state index contributed by atoms with van der Waals surface area (Å²) in [6, 6.07) is 15.4. The molecule has 0 aromatic heterocycles. The van der Waals surface area contributed by atoms with Crippen molar-refractivity contribution in [2.24, 2.45) is 10.2 Å². The second-order valence-corrected chi connectivity index (χ2v) is 6.02. The zero-order chi connectivity index (χ0) is 19.1. The van der Waals surface area contributed by atoms with E-state index in [4.69, 9.17) is 0 Å². The fraction of sp³-hybridized carbons (Fsp3) is 0.200. The number of hydrogen-bond acceptors (Lipinski definition) is 4. The van der Waals surface area contributed by atoms with Gasteiger partial charge in [0.05, 0.1) is 11.4 Å². The van der Waals surface area contributed by atoms with Crippen molar-refractivity contribution < 1.29 is 9.59 Å². The molecule has 0 radical (unpaired) electrons. The Morgan fingerprint density at radius 1 is 0.731 bits per heavy atom. The van der Waals surface area contributed by atoms with Crippen molar-refractivity contribution in [3.8, 4) is 0 Å². The standard InChI is InChI=1S/C20H22N4O2/c1-13-7-5-9-17(11-13)15(3)21-23-19(25)20(26)24-22-16(4)18-10-6-8-14(2)12-18/h5-12H,1-4H3,(H,23,25)(H,24,26). The molecule has 26 heavy (non-hydrogen) atoms. The van der Waals surface area contributed by atoms with Gasteiger partial charge in [-0.25, -0.2) is 10.9 Å². The summed E-state index contributed by atoms with van der Waals surface area (Å²) < 4.78 is 0. The highest BCUT2D eigenvalue weighted by atomic mass is 16.2.